The Morgan fingerprint density at radius 1 is 1.29 bits per heavy atom. The number of rotatable bonds is 7. The van der Waals surface area contributed by atoms with Gasteiger partial charge in [0, 0.05) is 6.61 Å². The van der Waals surface area contributed by atoms with E-state index in [1.807, 2.05) is 13.8 Å². The molecule has 0 bridgehead atoms. The minimum Gasteiger partial charge on any atom is -0.396 e. The summed E-state index contributed by atoms with van der Waals surface area (Å²) in [4.78, 5) is 21.6. The molecule has 0 fully saturated rings. The standard InChI is InChI=1S/C18H19FN4O3.C2H6/c1-12-3-6-16(15(19)9-12)21-17-14(18(25)22-26-8-2-7-24)5-4-13-10-20-11-23(13)17;1-2/h3-6,9-11,21,24H,2,7-8H2,1H3,(H,22,25);1-2H3. The Balaban J connectivity index is 0.00000136. The van der Waals surface area contributed by atoms with Gasteiger partial charge in [-0.3, -0.25) is 14.0 Å². The highest BCUT2D eigenvalue weighted by Gasteiger charge is 2.16. The van der Waals surface area contributed by atoms with Gasteiger partial charge in [-0.05, 0) is 43.2 Å². The quantitative estimate of drug-likeness (QED) is 0.425. The number of halogens is 1. The van der Waals surface area contributed by atoms with Crippen LogP contribution >= 0.6 is 0 Å². The van der Waals surface area contributed by atoms with Crippen molar-refractivity contribution in [3.8, 4) is 0 Å². The van der Waals surface area contributed by atoms with Crippen molar-refractivity contribution in [3.05, 3.63) is 59.8 Å². The first kappa shape index (κ1) is 21.3. The van der Waals surface area contributed by atoms with Crippen LogP contribution in [0.15, 0.2) is 42.9 Å². The SMILES string of the molecule is CC.Cc1ccc(Nc2c(C(=O)NOCCCO)ccc3cncn23)c(F)c1. The number of aryl methyl sites for hydroxylation is 1. The Hall–Kier alpha value is -2.97. The van der Waals surface area contributed by atoms with Gasteiger partial charge in [0.05, 0.1) is 29.6 Å². The van der Waals surface area contributed by atoms with Crippen LogP contribution in [0, 0.1) is 12.7 Å². The van der Waals surface area contributed by atoms with Crippen LogP contribution in [-0.2, 0) is 4.84 Å². The summed E-state index contributed by atoms with van der Waals surface area (Å²) in [6, 6.07) is 8.13. The molecule has 0 radical (unpaired) electrons. The van der Waals surface area contributed by atoms with Gasteiger partial charge in [0.1, 0.15) is 18.0 Å². The predicted molar refractivity (Wildman–Crippen MR) is 106 cm³/mol. The smallest absolute Gasteiger partial charge is 0.278 e. The molecule has 3 N–H and O–H groups in total. The van der Waals surface area contributed by atoms with E-state index in [0.29, 0.717) is 12.2 Å². The highest BCUT2D eigenvalue weighted by Crippen LogP contribution is 2.25. The van der Waals surface area contributed by atoms with Gasteiger partial charge in [-0.15, -0.1) is 0 Å². The van der Waals surface area contributed by atoms with E-state index in [4.69, 9.17) is 9.94 Å². The van der Waals surface area contributed by atoms with Gasteiger partial charge in [-0.2, -0.15) is 0 Å². The number of carbonyl (C=O) groups is 1. The first-order chi connectivity index (χ1) is 13.6. The van der Waals surface area contributed by atoms with Crippen LogP contribution < -0.4 is 10.8 Å². The molecule has 0 saturated heterocycles. The third kappa shape index (κ3) is 5.05. The van der Waals surface area contributed by atoms with E-state index in [-0.39, 0.29) is 24.5 Å². The number of nitrogens with one attached hydrogen (secondary N) is 2. The Kier molecular flexibility index (Phi) is 7.91. The number of aliphatic hydroxyl groups excluding tert-OH is 1. The molecule has 0 aliphatic rings. The van der Waals surface area contributed by atoms with Crippen LogP contribution in [-0.4, -0.2) is 33.6 Å². The molecule has 150 valence electrons. The lowest BCUT2D eigenvalue weighted by atomic mass is 10.2. The topological polar surface area (TPSA) is 87.9 Å². The zero-order valence-corrected chi connectivity index (χ0v) is 16.2. The number of hydroxylamine groups is 1. The summed E-state index contributed by atoms with van der Waals surface area (Å²) < 4.78 is 15.9. The number of hydrogen-bond acceptors (Lipinski definition) is 5. The van der Waals surface area contributed by atoms with Crippen molar-refractivity contribution in [2.24, 2.45) is 0 Å². The number of pyridine rings is 1. The van der Waals surface area contributed by atoms with Crippen molar-refractivity contribution >= 4 is 22.9 Å². The van der Waals surface area contributed by atoms with E-state index in [1.165, 1.54) is 12.4 Å². The molecule has 7 nitrogen and oxygen atoms in total. The van der Waals surface area contributed by atoms with Gasteiger partial charge in [0.2, 0.25) is 0 Å². The average molecular weight is 388 g/mol. The lowest BCUT2D eigenvalue weighted by molar-refractivity contribution is 0.0262. The molecule has 1 amide bonds. The summed E-state index contributed by atoms with van der Waals surface area (Å²) in [5, 5.41) is 11.7. The molecule has 28 heavy (non-hydrogen) atoms. The Labute approximate surface area is 163 Å². The summed E-state index contributed by atoms with van der Waals surface area (Å²) in [6.45, 7) is 5.95. The summed E-state index contributed by atoms with van der Waals surface area (Å²) in [6.07, 6.45) is 3.57. The molecule has 1 aromatic carbocycles. The number of nitrogens with zero attached hydrogens (tertiary/aromatic N) is 2. The fourth-order valence-corrected chi connectivity index (χ4v) is 2.46. The normalized spacial score (nSPS) is 10.3. The summed E-state index contributed by atoms with van der Waals surface area (Å²) in [7, 11) is 0. The first-order valence-electron chi connectivity index (χ1n) is 9.11. The number of imidazole rings is 1. The van der Waals surface area contributed by atoms with E-state index in [1.54, 1.807) is 41.8 Å². The number of hydrogen-bond donors (Lipinski definition) is 3. The molecule has 0 saturated carbocycles. The minimum atomic E-state index is -0.492. The van der Waals surface area contributed by atoms with Crippen LogP contribution in [0.1, 0.15) is 36.2 Å². The Morgan fingerprint density at radius 3 is 2.79 bits per heavy atom. The molecule has 0 unspecified atom stereocenters. The van der Waals surface area contributed by atoms with Crippen LogP contribution in [0.2, 0.25) is 0 Å². The zero-order valence-electron chi connectivity index (χ0n) is 16.2. The molecule has 3 aromatic rings. The third-order valence-electron chi connectivity index (χ3n) is 3.78. The summed E-state index contributed by atoms with van der Waals surface area (Å²) >= 11 is 0. The van der Waals surface area contributed by atoms with Gasteiger partial charge >= 0.3 is 0 Å². The van der Waals surface area contributed by atoms with E-state index in [0.717, 1.165) is 11.1 Å². The molecule has 0 aliphatic carbocycles. The second-order valence-corrected chi connectivity index (χ2v) is 5.75. The molecule has 3 rings (SSSR count). The van der Waals surface area contributed by atoms with E-state index < -0.39 is 11.7 Å². The van der Waals surface area contributed by atoms with Crippen LogP contribution in [0.5, 0.6) is 0 Å². The molecule has 0 spiro atoms. The van der Waals surface area contributed by atoms with Crippen molar-refractivity contribution in [3.63, 3.8) is 0 Å². The van der Waals surface area contributed by atoms with Crippen molar-refractivity contribution in [2.75, 3.05) is 18.5 Å². The fourth-order valence-electron chi connectivity index (χ4n) is 2.46. The highest BCUT2D eigenvalue weighted by atomic mass is 19.1. The van der Waals surface area contributed by atoms with Crippen molar-refractivity contribution in [2.45, 2.75) is 27.2 Å². The number of carbonyl (C=O) groups excluding carboxylic acids is 1. The van der Waals surface area contributed by atoms with E-state index in [9.17, 15) is 9.18 Å². The Bertz CT molecular complexity index is 927. The maximum absolute atomic E-state index is 14.2. The maximum atomic E-state index is 14.2. The van der Waals surface area contributed by atoms with Crippen LogP contribution in [0.25, 0.3) is 5.52 Å². The van der Waals surface area contributed by atoms with Gasteiger partial charge in [0.25, 0.3) is 5.91 Å². The van der Waals surface area contributed by atoms with Gasteiger partial charge in [0.15, 0.2) is 0 Å². The van der Waals surface area contributed by atoms with Crippen molar-refractivity contribution in [1.82, 2.24) is 14.9 Å². The van der Waals surface area contributed by atoms with Crippen molar-refractivity contribution < 1.29 is 19.1 Å². The van der Waals surface area contributed by atoms with Gasteiger partial charge in [-0.25, -0.2) is 14.9 Å². The number of aliphatic hydroxyl groups is 1. The molecule has 2 heterocycles. The largest absolute Gasteiger partial charge is 0.396 e. The molecule has 0 aliphatic heterocycles. The number of benzene rings is 1. The van der Waals surface area contributed by atoms with Gasteiger partial charge in [-0.1, -0.05) is 19.9 Å². The van der Waals surface area contributed by atoms with Crippen LogP contribution in [0.4, 0.5) is 15.9 Å². The number of fused-ring (bicyclic) bond motifs is 1. The zero-order chi connectivity index (χ0) is 20.5. The molecule has 2 aromatic heterocycles. The fraction of sp³-hybridized carbons (Fsp3) is 0.300. The second-order valence-electron chi connectivity index (χ2n) is 5.75. The lowest BCUT2D eigenvalue weighted by Gasteiger charge is -2.15. The number of anilines is 2. The molecule has 0 atom stereocenters. The predicted octanol–water partition coefficient (Wildman–Crippen LogP) is 3.60. The van der Waals surface area contributed by atoms with Crippen molar-refractivity contribution in [1.29, 1.82) is 0 Å². The van der Waals surface area contributed by atoms with E-state index in [2.05, 4.69) is 15.8 Å². The van der Waals surface area contributed by atoms with Crippen LogP contribution in [0.3, 0.4) is 0 Å². The Morgan fingerprint density at radius 2 is 2.07 bits per heavy atom. The molecule has 8 heteroatoms. The number of amides is 1. The highest BCUT2D eigenvalue weighted by molar-refractivity contribution is 5.99. The maximum Gasteiger partial charge on any atom is 0.278 e. The third-order valence-corrected chi connectivity index (χ3v) is 3.78. The molecular formula is C20H25FN4O3. The monoisotopic (exact) mass is 388 g/mol. The minimum absolute atomic E-state index is 0.0314. The summed E-state index contributed by atoms with van der Waals surface area (Å²) in [5.41, 5.74) is 4.37. The summed E-state index contributed by atoms with van der Waals surface area (Å²) in [5.74, 6) is -0.549. The number of aromatic nitrogens is 2. The van der Waals surface area contributed by atoms with E-state index >= 15 is 0 Å². The first-order valence-corrected chi connectivity index (χ1v) is 9.11. The average Bonchev–Trinajstić information content (AvgIpc) is 3.18. The lowest BCUT2D eigenvalue weighted by Crippen LogP contribution is -2.26. The van der Waals surface area contributed by atoms with Gasteiger partial charge < -0.3 is 10.4 Å². The second kappa shape index (κ2) is 10.4. The molecular weight excluding hydrogens is 363 g/mol.